The summed E-state index contributed by atoms with van der Waals surface area (Å²) in [4.78, 5) is 17.1. The van der Waals surface area contributed by atoms with Crippen molar-refractivity contribution in [1.82, 2.24) is 14.7 Å². The molecule has 0 fully saturated rings. The zero-order chi connectivity index (χ0) is 20.8. The summed E-state index contributed by atoms with van der Waals surface area (Å²) in [5.41, 5.74) is 8.79. The molecule has 1 unspecified atom stereocenters. The predicted octanol–water partition coefficient (Wildman–Crippen LogP) is 2.66. The molecule has 0 saturated heterocycles. The first-order chi connectivity index (χ1) is 14.5. The molecule has 7 nitrogen and oxygen atoms in total. The average molecular weight is 411 g/mol. The van der Waals surface area contributed by atoms with Crippen LogP contribution in [0.25, 0.3) is 16.5 Å². The van der Waals surface area contributed by atoms with Gasteiger partial charge in [-0.15, -0.1) is 0 Å². The molecule has 0 saturated carbocycles. The number of nitrogens with one attached hydrogen (secondary N) is 1. The number of nitrogens with zero attached hydrogens (tertiary/aromatic N) is 3. The highest BCUT2D eigenvalue weighted by Crippen LogP contribution is 2.37. The SMILES string of the molecule is NC1=NCC(c2ccc3c(=O)n4n(c3c2)C(c2ccccc2OC(F)F)CC4)=CN1. The third-order valence-corrected chi connectivity index (χ3v) is 5.56. The summed E-state index contributed by atoms with van der Waals surface area (Å²) in [6, 6.07) is 12.1. The summed E-state index contributed by atoms with van der Waals surface area (Å²) in [6.07, 6.45) is 2.41. The van der Waals surface area contributed by atoms with E-state index in [2.05, 4.69) is 10.3 Å². The van der Waals surface area contributed by atoms with Gasteiger partial charge in [0, 0.05) is 18.3 Å². The maximum absolute atomic E-state index is 12.9. The Balaban J connectivity index is 1.63. The van der Waals surface area contributed by atoms with Gasteiger partial charge < -0.3 is 15.8 Å². The van der Waals surface area contributed by atoms with E-state index in [4.69, 9.17) is 10.5 Å². The second-order valence-electron chi connectivity index (χ2n) is 7.24. The smallest absolute Gasteiger partial charge is 0.387 e. The van der Waals surface area contributed by atoms with E-state index in [9.17, 15) is 13.6 Å². The molecule has 0 amide bonds. The Labute approximate surface area is 170 Å². The van der Waals surface area contributed by atoms with Crippen molar-refractivity contribution < 1.29 is 13.5 Å². The Morgan fingerprint density at radius 3 is 2.83 bits per heavy atom. The lowest BCUT2D eigenvalue weighted by Gasteiger charge is -2.19. The van der Waals surface area contributed by atoms with Gasteiger partial charge in [0.05, 0.1) is 23.5 Å². The molecule has 1 atom stereocenters. The summed E-state index contributed by atoms with van der Waals surface area (Å²) in [5, 5.41) is 3.49. The van der Waals surface area contributed by atoms with Crippen LogP contribution in [0, 0.1) is 0 Å². The first-order valence-corrected chi connectivity index (χ1v) is 9.57. The van der Waals surface area contributed by atoms with Gasteiger partial charge in [-0.25, -0.2) is 9.67 Å². The molecule has 3 aromatic rings. The Hall–Kier alpha value is -3.62. The molecule has 5 rings (SSSR count). The number of rotatable bonds is 4. The number of hydrogen-bond acceptors (Lipinski definition) is 5. The maximum atomic E-state index is 12.9. The number of fused-ring (bicyclic) bond motifs is 3. The summed E-state index contributed by atoms with van der Waals surface area (Å²) < 4.78 is 34.1. The summed E-state index contributed by atoms with van der Waals surface area (Å²) in [6.45, 7) is -1.98. The molecule has 3 heterocycles. The van der Waals surface area contributed by atoms with Gasteiger partial charge in [0.2, 0.25) is 0 Å². The van der Waals surface area contributed by atoms with Crippen molar-refractivity contribution in [2.24, 2.45) is 10.7 Å². The molecule has 1 aromatic heterocycles. The first-order valence-electron chi connectivity index (χ1n) is 9.57. The van der Waals surface area contributed by atoms with Gasteiger partial charge in [-0.2, -0.15) is 8.78 Å². The second kappa shape index (κ2) is 7.01. The predicted molar refractivity (Wildman–Crippen MR) is 110 cm³/mol. The molecular weight excluding hydrogens is 392 g/mol. The van der Waals surface area contributed by atoms with Crippen molar-refractivity contribution in [3.63, 3.8) is 0 Å². The monoisotopic (exact) mass is 411 g/mol. The third kappa shape index (κ3) is 2.94. The maximum Gasteiger partial charge on any atom is 0.387 e. The van der Waals surface area contributed by atoms with E-state index in [0.29, 0.717) is 36.4 Å². The highest BCUT2D eigenvalue weighted by Gasteiger charge is 2.30. The van der Waals surface area contributed by atoms with Crippen molar-refractivity contribution in [2.75, 3.05) is 6.54 Å². The molecule has 0 bridgehead atoms. The van der Waals surface area contributed by atoms with Gasteiger partial charge in [-0.3, -0.25) is 9.48 Å². The lowest BCUT2D eigenvalue weighted by molar-refractivity contribution is -0.0507. The van der Waals surface area contributed by atoms with Crippen LogP contribution in [-0.4, -0.2) is 28.5 Å². The average Bonchev–Trinajstić information content (AvgIpc) is 3.28. The summed E-state index contributed by atoms with van der Waals surface area (Å²) >= 11 is 0. The summed E-state index contributed by atoms with van der Waals surface area (Å²) in [7, 11) is 0. The Bertz CT molecular complexity index is 1260. The highest BCUT2D eigenvalue weighted by atomic mass is 19.3. The minimum atomic E-state index is -2.92. The van der Waals surface area contributed by atoms with Crippen LogP contribution < -0.4 is 21.3 Å². The molecule has 2 aromatic carbocycles. The fraction of sp³-hybridized carbons (Fsp3) is 0.238. The van der Waals surface area contributed by atoms with Gasteiger partial charge in [0.25, 0.3) is 5.56 Å². The molecule has 0 aliphatic carbocycles. The molecule has 3 N–H and O–H groups in total. The van der Waals surface area contributed by atoms with Crippen molar-refractivity contribution >= 4 is 22.4 Å². The number of nitrogens with two attached hydrogens (primary N) is 1. The summed E-state index contributed by atoms with van der Waals surface area (Å²) in [5.74, 6) is 0.483. The van der Waals surface area contributed by atoms with E-state index in [0.717, 1.165) is 16.7 Å². The fourth-order valence-corrected chi connectivity index (χ4v) is 4.22. The number of aliphatic imine (C=N–C) groups is 1. The van der Waals surface area contributed by atoms with Gasteiger partial charge in [-0.05, 0) is 35.8 Å². The van der Waals surface area contributed by atoms with Crippen LogP contribution in [0.5, 0.6) is 5.75 Å². The van der Waals surface area contributed by atoms with E-state index < -0.39 is 6.61 Å². The number of benzene rings is 2. The van der Waals surface area contributed by atoms with Crippen molar-refractivity contribution in [1.29, 1.82) is 0 Å². The van der Waals surface area contributed by atoms with E-state index in [-0.39, 0.29) is 17.4 Å². The number of alkyl halides is 2. The number of para-hydroxylation sites is 1. The third-order valence-electron chi connectivity index (χ3n) is 5.56. The van der Waals surface area contributed by atoms with Crippen LogP contribution in [-0.2, 0) is 6.54 Å². The Kier molecular flexibility index (Phi) is 4.30. The standard InChI is InChI=1S/C21H19F2N5O2/c22-20(23)30-18-4-2-1-3-14(18)16-7-8-27-19(29)15-6-5-12(9-17(15)28(16)27)13-10-25-21(24)26-11-13/h1-6,9-10,16,20H,7-8,11H2,(H3,24,25,26). The fourth-order valence-electron chi connectivity index (χ4n) is 4.22. The number of hydrogen-bond donors (Lipinski definition) is 2. The van der Waals surface area contributed by atoms with Crippen LogP contribution in [0.1, 0.15) is 23.6 Å². The van der Waals surface area contributed by atoms with Gasteiger partial charge >= 0.3 is 6.61 Å². The molecular formula is C21H19F2N5O2. The number of guanidine groups is 1. The van der Waals surface area contributed by atoms with Crippen molar-refractivity contribution in [3.8, 4) is 5.75 Å². The molecule has 154 valence electrons. The zero-order valence-electron chi connectivity index (χ0n) is 15.9. The lowest BCUT2D eigenvalue weighted by atomic mass is 10.0. The minimum absolute atomic E-state index is 0.0932. The lowest BCUT2D eigenvalue weighted by Crippen LogP contribution is -2.30. The first kappa shape index (κ1) is 18.4. The molecule has 0 radical (unpaired) electrons. The van der Waals surface area contributed by atoms with Crippen molar-refractivity contribution in [3.05, 3.63) is 70.1 Å². The largest absolute Gasteiger partial charge is 0.434 e. The van der Waals surface area contributed by atoms with Crippen LogP contribution in [0.2, 0.25) is 0 Å². The van der Waals surface area contributed by atoms with E-state index >= 15 is 0 Å². The van der Waals surface area contributed by atoms with E-state index in [1.165, 1.54) is 6.07 Å². The van der Waals surface area contributed by atoms with Crippen LogP contribution in [0.4, 0.5) is 8.78 Å². The number of aromatic nitrogens is 2. The number of halogens is 2. The van der Waals surface area contributed by atoms with E-state index in [1.807, 2.05) is 16.8 Å². The molecule has 30 heavy (non-hydrogen) atoms. The van der Waals surface area contributed by atoms with Crippen LogP contribution in [0.3, 0.4) is 0 Å². The molecule has 2 aliphatic rings. The topological polar surface area (TPSA) is 86.6 Å². The molecule has 2 aliphatic heterocycles. The molecule has 9 heteroatoms. The normalized spacial score (nSPS) is 18.2. The van der Waals surface area contributed by atoms with E-state index in [1.54, 1.807) is 35.1 Å². The molecule has 0 spiro atoms. The Morgan fingerprint density at radius 2 is 2.07 bits per heavy atom. The Morgan fingerprint density at radius 1 is 1.23 bits per heavy atom. The van der Waals surface area contributed by atoms with Gasteiger partial charge in [0.15, 0.2) is 5.96 Å². The van der Waals surface area contributed by atoms with Gasteiger partial charge in [0.1, 0.15) is 5.75 Å². The minimum Gasteiger partial charge on any atom is -0.434 e. The highest BCUT2D eigenvalue weighted by molar-refractivity contribution is 5.88. The van der Waals surface area contributed by atoms with Crippen molar-refractivity contribution in [2.45, 2.75) is 25.6 Å². The van der Waals surface area contributed by atoms with Crippen LogP contribution in [0.15, 0.2) is 58.5 Å². The number of ether oxygens (including phenoxy) is 1. The zero-order valence-corrected chi connectivity index (χ0v) is 15.9. The van der Waals surface area contributed by atoms with Gasteiger partial charge in [-0.1, -0.05) is 24.3 Å². The second-order valence-corrected chi connectivity index (χ2v) is 7.24. The van der Waals surface area contributed by atoms with Crippen LogP contribution >= 0.6 is 0 Å². The quantitative estimate of drug-likeness (QED) is 0.691.